The summed E-state index contributed by atoms with van der Waals surface area (Å²) in [5.41, 5.74) is 10.3. The van der Waals surface area contributed by atoms with Crippen LogP contribution in [0.4, 0.5) is 0 Å². The van der Waals surface area contributed by atoms with Crippen molar-refractivity contribution in [3.63, 3.8) is 0 Å². The topological polar surface area (TPSA) is 63.3 Å². The summed E-state index contributed by atoms with van der Waals surface area (Å²) in [7, 11) is 0. The number of nitrogens with two attached hydrogens (primary N) is 1. The van der Waals surface area contributed by atoms with Crippen LogP contribution in [0.2, 0.25) is 0 Å². The zero-order chi connectivity index (χ0) is 12.1. The van der Waals surface area contributed by atoms with Gasteiger partial charge >= 0.3 is 0 Å². The number of hydrogen-bond acceptors (Lipinski definition) is 3. The van der Waals surface area contributed by atoms with Crippen molar-refractivity contribution in [3.05, 3.63) is 30.1 Å². The van der Waals surface area contributed by atoms with E-state index >= 15 is 0 Å². The smallest absolute Gasteiger partial charge is 0.184 e. The van der Waals surface area contributed by atoms with Crippen LogP contribution in [0.15, 0.2) is 29.5 Å². The van der Waals surface area contributed by atoms with Gasteiger partial charge in [0.15, 0.2) is 5.11 Å². The first-order valence-corrected chi connectivity index (χ1v) is 6.21. The molecule has 0 bridgehead atoms. The molecule has 5 heteroatoms. The highest BCUT2D eigenvalue weighted by molar-refractivity contribution is 7.80. The highest BCUT2D eigenvalue weighted by atomic mass is 32.1. The molecule has 1 fully saturated rings. The summed E-state index contributed by atoms with van der Waals surface area (Å²) in [5, 5.41) is 4.51. The number of thiocarbonyl (C=S) groups is 1. The lowest BCUT2D eigenvalue weighted by Gasteiger charge is -2.23. The second-order valence-corrected chi connectivity index (χ2v) is 4.57. The molecule has 1 aromatic heterocycles. The molecule has 0 aromatic carbocycles. The van der Waals surface area contributed by atoms with Gasteiger partial charge in [-0.05, 0) is 43.6 Å². The first kappa shape index (κ1) is 12.0. The minimum absolute atomic E-state index is 0.211. The fourth-order valence-corrected chi connectivity index (χ4v) is 2.20. The molecule has 90 valence electrons. The van der Waals surface area contributed by atoms with Gasteiger partial charge in [0.25, 0.3) is 0 Å². The van der Waals surface area contributed by atoms with Crippen molar-refractivity contribution >= 4 is 23.0 Å². The molecule has 4 nitrogen and oxygen atoms in total. The maximum Gasteiger partial charge on any atom is 0.184 e. The van der Waals surface area contributed by atoms with Gasteiger partial charge in [0.2, 0.25) is 0 Å². The molecule has 0 aliphatic heterocycles. The number of rotatable bonds is 2. The van der Waals surface area contributed by atoms with Crippen LogP contribution in [0.3, 0.4) is 0 Å². The van der Waals surface area contributed by atoms with Gasteiger partial charge in [-0.1, -0.05) is 12.5 Å². The quantitative estimate of drug-likeness (QED) is 0.620. The Balaban J connectivity index is 2.18. The molecule has 3 N–H and O–H groups in total. The number of nitrogens with one attached hydrogen (secondary N) is 1. The van der Waals surface area contributed by atoms with Gasteiger partial charge in [-0.2, -0.15) is 5.10 Å². The Labute approximate surface area is 106 Å². The van der Waals surface area contributed by atoms with Crippen LogP contribution >= 0.6 is 12.2 Å². The predicted molar refractivity (Wildman–Crippen MR) is 72.8 cm³/mol. The second-order valence-electron chi connectivity index (χ2n) is 4.13. The number of aromatic nitrogens is 1. The number of hydrogen-bond donors (Lipinski definition) is 2. The van der Waals surface area contributed by atoms with Gasteiger partial charge in [-0.15, -0.1) is 0 Å². The molecule has 1 aliphatic rings. The molecule has 1 aliphatic carbocycles. The Morgan fingerprint density at radius 1 is 1.47 bits per heavy atom. The summed E-state index contributed by atoms with van der Waals surface area (Å²) in [4.78, 5) is 4.41. The van der Waals surface area contributed by atoms with Gasteiger partial charge in [0.1, 0.15) is 0 Å². The number of pyridine rings is 1. The van der Waals surface area contributed by atoms with Crippen LogP contribution in [0, 0.1) is 0 Å². The van der Waals surface area contributed by atoms with Crippen molar-refractivity contribution in [2.24, 2.45) is 10.8 Å². The van der Waals surface area contributed by atoms with Crippen molar-refractivity contribution < 1.29 is 0 Å². The normalized spacial score (nSPS) is 22.4. The lowest BCUT2D eigenvalue weighted by atomic mass is 9.85. The van der Waals surface area contributed by atoms with Crippen molar-refractivity contribution in [1.29, 1.82) is 0 Å². The monoisotopic (exact) mass is 248 g/mol. The lowest BCUT2D eigenvalue weighted by Crippen LogP contribution is -2.28. The summed E-state index contributed by atoms with van der Waals surface area (Å²) in [6.07, 6.45) is 6.28. The van der Waals surface area contributed by atoms with E-state index in [2.05, 4.69) is 15.5 Å². The Morgan fingerprint density at radius 2 is 2.35 bits per heavy atom. The Morgan fingerprint density at radius 3 is 3.06 bits per heavy atom. The van der Waals surface area contributed by atoms with E-state index in [1.165, 1.54) is 12.8 Å². The minimum atomic E-state index is 0.211. The summed E-state index contributed by atoms with van der Waals surface area (Å²) in [6.45, 7) is 0. The highest BCUT2D eigenvalue weighted by Gasteiger charge is 2.23. The van der Waals surface area contributed by atoms with Crippen LogP contribution in [0.1, 0.15) is 37.3 Å². The van der Waals surface area contributed by atoms with E-state index in [0.29, 0.717) is 5.92 Å². The van der Waals surface area contributed by atoms with E-state index in [4.69, 9.17) is 18.0 Å². The van der Waals surface area contributed by atoms with Crippen molar-refractivity contribution in [2.45, 2.75) is 31.6 Å². The van der Waals surface area contributed by atoms with Crippen LogP contribution in [0.25, 0.3) is 0 Å². The number of nitrogens with zero attached hydrogens (tertiary/aromatic N) is 2. The molecule has 1 atom stereocenters. The van der Waals surface area contributed by atoms with Gasteiger partial charge < -0.3 is 5.73 Å². The highest BCUT2D eigenvalue weighted by Crippen LogP contribution is 2.29. The largest absolute Gasteiger partial charge is 0.375 e. The third kappa shape index (κ3) is 3.23. The SMILES string of the molecule is NC(=S)N/N=C1\CCCCC1c1ccccn1. The van der Waals surface area contributed by atoms with Crippen LogP contribution in [-0.2, 0) is 0 Å². The molecule has 0 amide bonds. The van der Waals surface area contributed by atoms with Gasteiger partial charge in [0, 0.05) is 23.5 Å². The first-order valence-electron chi connectivity index (χ1n) is 5.80. The average molecular weight is 248 g/mol. The van der Waals surface area contributed by atoms with Gasteiger partial charge in [-0.25, -0.2) is 0 Å². The maximum absolute atomic E-state index is 5.39. The van der Waals surface area contributed by atoms with Crippen LogP contribution < -0.4 is 11.2 Å². The molecule has 0 saturated heterocycles. The minimum Gasteiger partial charge on any atom is -0.375 e. The molecule has 1 aromatic rings. The molecule has 1 heterocycles. The molecule has 0 radical (unpaired) electrons. The molecule has 17 heavy (non-hydrogen) atoms. The molecular weight excluding hydrogens is 232 g/mol. The van der Waals surface area contributed by atoms with Gasteiger partial charge in [-0.3, -0.25) is 10.4 Å². The van der Waals surface area contributed by atoms with E-state index < -0.39 is 0 Å². The van der Waals surface area contributed by atoms with E-state index in [9.17, 15) is 0 Å². The predicted octanol–water partition coefficient (Wildman–Crippen LogP) is 1.93. The first-order chi connectivity index (χ1) is 8.27. The fraction of sp³-hybridized carbons (Fsp3) is 0.417. The van der Waals surface area contributed by atoms with Crippen LogP contribution in [0.5, 0.6) is 0 Å². The van der Waals surface area contributed by atoms with Crippen molar-refractivity contribution in [2.75, 3.05) is 0 Å². The van der Waals surface area contributed by atoms with Gasteiger partial charge in [0.05, 0.1) is 0 Å². The average Bonchev–Trinajstić information content (AvgIpc) is 2.38. The van der Waals surface area contributed by atoms with Crippen LogP contribution in [-0.4, -0.2) is 15.8 Å². The van der Waals surface area contributed by atoms with E-state index in [1.54, 1.807) is 0 Å². The molecule has 1 saturated carbocycles. The molecule has 1 unspecified atom stereocenters. The maximum atomic E-state index is 5.39. The zero-order valence-electron chi connectivity index (χ0n) is 9.60. The zero-order valence-corrected chi connectivity index (χ0v) is 10.4. The van der Waals surface area contributed by atoms with Crippen molar-refractivity contribution in [3.8, 4) is 0 Å². The lowest BCUT2D eigenvalue weighted by molar-refractivity contribution is 0.599. The Bertz CT molecular complexity index is 416. The summed E-state index contributed by atoms with van der Waals surface area (Å²) in [5.74, 6) is 0.298. The van der Waals surface area contributed by atoms with E-state index in [-0.39, 0.29) is 5.11 Å². The molecule has 0 spiro atoms. The Hall–Kier alpha value is -1.49. The molecular formula is C12H16N4S. The summed E-state index contributed by atoms with van der Waals surface area (Å²) < 4.78 is 0. The van der Waals surface area contributed by atoms with E-state index in [1.807, 2.05) is 24.4 Å². The fourth-order valence-electron chi connectivity index (χ4n) is 2.16. The number of hydrazone groups is 1. The van der Waals surface area contributed by atoms with Crippen molar-refractivity contribution in [1.82, 2.24) is 10.4 Å². The summed E-state index contributed by atoms with van der Waals surface area (Å²) in [6, 6.07) is 5.98. The third-order valence-corrected chi connectivity index (χ3v) is 3.02. The standard InChI is InChI=1S/C12H16N4S/c13-12(17)16-15-11-7-2-1-5-9(11)10-6-3-4-8-14-10/h3-4,6,8-9H,1-2,5,7H2,(H3,13,16,17)/b15-11+. The molecule has 2 rings (SSSR count). The second kappa shape index (κ2) is 5.72. The summed E-state index contributed by atoms with van der Waals surface area (Å²) >= 11 is 4.76. The third-order valence-electron chi connectivity index (χ3n) is 2.93. The van der Waals surface area contributed by atoms with E-state index in [0.717, 1.165) is 24.2 Å². The Kier molecular flexibility index (Phi) is 4.03.